The van der Waals surface area contributed by atoms with Crippen molar-refractivity contribution in [1.82, 2.24) is 9.97 Å². The lowest BCUT2D eigenvalue weighted by Crippen LogP contribution is -2.19. The average molecular weight is 255 g/mol. The molecule has 0 saturated heterocycles. The zero-order valence-electron chi connectivity index (χ0n) is 10.9. The summed E-state index contributed by atoms with van der Waals surface area (Å²) < 4.78 is 10.2. The van der Waals surface area contributed by atoms with Crippen molar-refractivity contribution in [1.29, 1.82) is 0 Å². The van der Waals surface area contributed by atoms with Gasteiger partial charge in [0.25, 0.3) is 0 Å². The Labute approximate surface area is 107 Å². The van der Waals surface area contributed by atoms with Crippen molar-refractivity contribution >= 4 is 5.95 Å². The first-order valence-electron chi connectivity index (χ1n) is 6.13. The fraction of sp³-hybridized carbons (Fsp3) is 0.667. The molecular formula is C12H21N3O3. The Balaban J connectivity index is 2.33. The summed E-state index contributed by atoms with van der Waals surface area (Å²) in [6.45, 7) is 3.60. The number of aliphatic hydroxyl groups excluding tert-OH is 1. The number of aromatic nitrogens is 2. The molecule has 0 aliphatic carbocycles. The van der Waals surface area contributed by atoms with Gasteiger partial charge in [-0.1, -0.05) is 6.92 Å². The maximum atomic E-state index is 9.47. The molecule has 0 bridgehead atoms. The van der Waals surface area contributed by atoms with E-state index in [0.717, 1.165) is 6.42 Å². The van der Waals surface area contributed by atoms with Crippen LogP contribution in [0.4, 0.5) is 5.95 Å². The van der Waals surface area contributed by atoms with E-state index in [0.29, 0.717) is 38.0 Å². The van der Waals surface area contributed by atoms with E-state index in [-0.39, 0.29) is 0 Å². The molecular weight excluding hydrogens is 234 g/mol. The van der Waals surface area contributed by atoms with E-state index in [4.69, 9.17) is 9.47 Å². The van der Waals surface area contributed by atoms with Crippen LogP contribution < -0.4 is 10.1 Å². The van der Waals surface area contributed by atoms with Crippen molar-refractivity contribution in [2.24, 2.45) is 0 Å². The number of methoxy groups -OCH3 is 1. The van der Waals surface area contributed by atoms with Gasteiger partial charge < -0.3 is 19.9 Å². The van der Waals surface area contributed by atoms with Crippen LogP contribution in [-0.4, -0.2) is 48.0 Å². The van der Waals surface area contributed by atoms with Crippen LogP contribution >= 0.6 is 0 Å². The van der Waals surface area contributed by atoms with E-state index >= 15 is 0 Å². The molecule has 0 amide bonds. The van der Waals surface area contributed by atoms with Crippen LogP contribution in [0.25, 0.3) is 0 Å². The molecule has 0 aromatic carbocycles. The standard InChI is InChI=1S/C12H21N3O3/c1-3-8-18-11-5-7-14-12(15-11)13-6-4-10(16)9-17-2/h5,7,10,16H,3-4,6,8-9H2,1-2H3,(H,13,14,15). The predicted molar refractivity (Wildman–Crippen MR) is 68.8 cm³/mol. The van der Waals surface area contributed by atoms with Crippen molar-refractivity contribution in [2.75, 3.05) is 32.2 Å². The number of aliphatic hydroxyl groups is 1. The zero-order valence-corrected chi connectivity index (χ0v) is 10.9. The third-order valence-electron chi connectivity index (χ3n) is 2.20. The summed E-state index contributed by atoms with van der Waals surface area (Å²) in [4.78, 5) is 8.27. The average Bonchev–Trinajstić information content (AvgIpc) is 2.37. The molecule has 1 aromatic rings. The van der Waals surface area contributed by atoms with Gasteiger partial charge in [0.1, 0.15) is 0 Å². The van der Waals surface area contributed by atoms with E-state index < -0.39 is 6.10 Å². The Hall–Kier alpha value is -1.40. The minimum Gasteiger partial charge on any atom is -0.478 e. The number of ether oxygens (including phenoxy) is 2. The van der Waals surface area contributed by atoms with Crippen molar-refractivity contribution in [3.8, 4) is 5.88 Å². The van der Waals surface area contributed by atoms with Crippen LogP contribution in [0.3, 0.4) is 0 Å². The highest BCUT2D eigenvalue weighted by molar-refractivity contribution is 5.27. The van der Waals surface area contributed by atoms with E-state index in [1.807, 2.05) is 6.92 Å². The Morgan fingerprint density at radius 3 is 3.06 bits per heavy atom. The van der Waals surface area contributed by atoms with Gasteiger partial charge >= 0.3 is 0 Å². The van der Waals surface area contributed by atoms with Gasteiger partial charge in [-0.3, -0.25) is 0 Å². The Bertz CT molecular complexity index is 336. The third kappa shape index (κ3) is 5.79. The quantitative estimate of drug-likeness (QED) is 0.687. The van der Waals surface area contributed by atoms with E-state index in [2.05, 4.69) is 15.3 Å². The molecule has 1 unspecified atom stereocenters. The van der Waals surface area contributed by atoms with Gasteiger partial charge in [0, 0.05) is 25.9 Å². The molecule has 6 heteroatoms. The topological polar surface area (TPSA) is 76.5 Å². The molecule has 0 radical (unpaired) electrons. The predicted octanol–water partition coefficient (Wildman–Crippen LogP) is 1.07. The third-order valence-corrected chi connectivity index (χ3v) is 2.20. The van der Waals surface area contributed by atoms with Gasteiger partial charge in [-0.15, -0.1) is 0 Å². The van der Waals surface area contributed by atoms with Crippen LogP contribution in [0.5, 0.6) is 5.88 Å². The summed E-state index contributed by atoms with van der Waals surface area (Å²) >= 11 is 0. The number of nitrogens with zero attached hydrogens (tertiary/aromatic N) is 2. The number of hydrogen-bond donors (Lipinski definition) is 2. The second-order valence-electron chi connectivity index (χ2n) is 3.89. The highest BCUT2D eigenvalue weighted by Gasteiger charge is 2.04. The maximum Gasteiger partial charge on any atom is 0.225 e. The van der Waals surface area contributed by atoms with Crippen molar-refractivity contribution in [2.45, 2.75) is 25.9 Å². The summed E-state index contributed by atoms with van der Waals surface area (Å²) in [5.74, 6) is 1.07. The molecule has 1 rings (SSSR count). The van der Waals surface area contributed by atoms with Gasteiger partial charge in [0.2, 0.25) is 11.8 Å². The lowest BCUT2D eigenvalue weighted by Gasteiger charge is -2.10. The summed E-state index contributed by atoms with van der Waals surface area (Å²) in [6, 6.07) is 1.72. The van der Waals surface area contributed by atoms with Crippen molar-refractivity contribution < 1.29 is 14.6 Å². The van der Waals surface area contributed by atoms with Crippen LogP contribution in [0, 0.1) is 0 Å². The fourth-order valence-corrected chi connectivity index (χ4v) is 1.34. The van der Waals surface area contributed by atoms with E-state index in [1.54, 1.807) is 19.4 Å². The number of nitrogens with one attached hydrogen (secondary N) is 1. The molecule has 0 spiro atoms. The molecule has 0 fully saturated rings. The molecule has 1 atom stereocenters. The Morgan fingerprint density at radius 2 is 2.33 bits per heavy atom. The summed E-state index contributed by atoms with van der Waals surface area (Å²) in [5.41, 5.74) is 0. The van der Waals surface area contributed by atoms with Crippen LogP contribution in [0.15, 0.2) is 12.3 Å². The van der Waals surface area contributed by atoms with Gasteiger partial charge in [-0.2, -0.15) is 4.98 Å². The minimum absolute atomic E-state index is 0.336. The molecule has 18 heavy (non-hydrogen) atoms. The van der Waals surface area contributed by atoms with E-state index in [9.17, 15) is 5.11 Å². The Kier molecular flexibility index (Phi) is 7.05. The SMILES string of the molecule is CCCOc1ccnc(NCCC(O)COC)n1. The normalized spacial score (nSPS) is 12.2. The van der Waals surface area contributed by atoms with Crippen LogP contribution in [0.1, 0.15) is 19.8 Å². The summed E-state index contributed by atoms with van der Waals surface area (Å²) in [7, 11) is 1.56. The lowest BCUT2D eigenvalue weighted by atomic mass is 10.3. The highest BCUT2D eigenvalue weighted by atomic mass is 16.5. The van der Waals surface area contributed by atoms with Gasteiger partial charge in [-0.25, -0.2) is 4.98 Å². The lowest BCUT2D eigenvalue weighted by molar-refractivity contribution is 0.0615. The summed E-state index contributed by atoms with van der Waals surface area (Å²) in [6.07, 6.45) is 2.70. The Morgan fingerprint density at radius 1 is 1.50 bits per heavy atom. The smallest absolute Gasteiger partial charge is 0.225 e. The van der Waals surface area contributed by atoms with Crippen molar-refractivity contribution in [3.05, 3.63) is 12.3 Å². The largest absolute Gasteiger partial charge is 0.478 e. The van der Waals surface area contributed by atoms with Gasteiger partial charge in [0.05, 0.1) is 19.3 Å². The number of anilines is 1. The molecule has 6 nitrogen and oxygen atoms in total. The van der Waals surface area contributed by atoms with Gasteiger partial charge in [-0.05, 0) is 12.8 Å². The molecule has 2 N–H and O–H groups in total. The van der Waals surface area contributed by atoms with Crippen LogP contribution in [-0.2, 0) is 4.74 Å². The second-order valence-corrected chi connectivity index (χ2v) is 3.89. The van der Waals surface area contributed by atoms with Crippen molar-refractivity contribution in [3.63, 3.8) is 0 Å². The molecule has 102 valence electrons. The summed E-state index contributed by atoms with van der Waals surface area (Å²) in [5, 5.41) is 12.5. The second kappa shape index (κ2) is 8.66. The maximum absolute atomic E-state index is 9.47. The van der Waals surface area contributed by atoms with Gasteiger partial charge in [0.15, 0.2) is 0 Å². The molecule has 0 saturated carbocycles. The first-order chi connectivity index (χ1) is 8.76. The number of hydrogen-bond acceptors (Lipinski definition) is 6. The first kappa shape index (κ1) is 14.7. The zero-order chi connectivity index (χ0) is 13.2. The fourth-order valence-electron chi connectivity index (χ4n) is 1.34. The first-order valence-corrected chi connectivity index (χ1v) is 6.13. The minimum atomic E-state index is -0.470. The van der Waals surface area contributed by atoms with E-state index in [1.165, 1.54) is 0 Å². The molecule has 0 aliphatic rings. The highest BCUT2D eigenvalue weighted by Crippen LogP contribution is 2.08. The molecule has 0 aliphatic heterocycles. The number of rotatable bonds is 9. The molecule has 1 aromatic heterocycles. The molecule has 1 heterocycles. The van der Waals surface area contributed by atoms with Crippen LogP contribution in [0.2, 0.25) is 0 Å². The monoisotopic (exact) mass is 255 g/mol.